The summed E-state index contributed by atoms with van der Waals surface area (Å²) in [6.07, 6.45) is 6.41. The fourth-order valence-corrected chi connectivity index (χ4v) is 4.68. The number of carbonyl (C=O) groups is 1. The fourth-order valence-electron chi connectivity index (χ4n) is 2.83. The Kier molecular flexibility index (Phi) is 10.3. The van der Waals surface area contributed by atoms with E-state index in [0.717, 1.165) is 44.9 Å². The summed E-state index contributed by atoms with van der Waals surface area (Å²) >= 11 is 0. The van der Waals surface area contributed by atoms with Crippen molar-refractivity contribution in [3.63, 3.8) is 0 Å². The third-order valence-corrected chi connectivity index (χ3v) is 6.80. The van der Waals surface area contributed by atoms with Crippen molar-refractivity contribution >= 4 is 13.6 Å². The summed E-state index contributed by atoms with van der Waals surface area (Å²) in [4.78, 5) is 12.2. The van der Waals surface area contributed by atoms with E-state index >= 15 is 0 Å². The topological polar surface area (TPSA) is 61.8 Å². The van der Waals surface area contributed by atoms with Crippen LogP contribution >= 0.6 is 7.60 Å². The number of hydrogen-bond donors (Lipinski definition) is 0. The molecular formula is C22H35O5P. The summed E-state index contributed by atoms with van der Waals surface area (Å²) in [7, 11) is -3.30. The van der Waals surface area contributed by atoms with Crippen molar-refractivity contribution in [2.75, 3.05) is 19.4 Å². The van der Waals surface area contributed by atoms with Crippen LogP contribution < -0.4 is 0 Å². The van der Waals surface area contributed by atoms with Gasteiger partial charge < -0.3 is 13.8 Å². The van der Waals surface area contributed by atoms with Crippen molar-refractivity contribution in [3.05, 3.63) is 35.9 Å². The molecule has 1 aromatic rings. The Morgan fingerprint density at radius 1 is 1.07 bits per heavy atom. The molecule has 0 radical (unpaired) electrons. The number of hydrogen-bond acceptors (Lipinski definition) is 5. The molecule has 28 heavy (non-hydrogen) atoms. The van der Waals surface area contributed by atoms with E-state index in [4.69, 9.17) is 13.8 Å². The first-order valence-electron chi connectivity index (χ1n) is 10.7. The molecule has 0 aliphatic heterocycles. The largest absolute Gasteiger partial charge is 0.461 e. The zero-order chi connectivity index (χ0) is 20.2. The van der Waals surface area contributed by atoms with Gasteiger partial charge in [-0.15, -0.1) is 0 Å². The third kappa shape index (κ3) is 8.89. The molecule has 0 amide bonds. The molecule has 1 aliphatic rings. The highest BCUT2D eigenvalue weighted by Gasteiger charge is 2.36. The molecular weight excluding hydrogens is 375 g/mol. The molecule has 1 saturated carbocycles. The summed E-state index contributed by atoms with van der Waals surface area (Å²) in [6, 6.07) is 10.1. The second kappa shape index (κ2) is 12.4. The number of benzene rings is 1. The summed E-state index contributed by atoms with van der Waals surface area (Å²) < 4.78 is 30.4. The van der Waals surface area contributed by atoms with E-state index in [1.54, 1.807) is 0 Å². The zero-order valence-electron chi connectivity index (χ0n) is 17.3. The molecule has 0 heterocycles. The van der Waals surface area contributed by atoms with Gasteiger partial charge in [0.15, 0.2) is 0 Å². The number of ether oxygens (including phenoxy) is 1. The lowest BCUT2D eigenvalue weighted by Gasteiger charge is -2.24. The number of esters is 1. The molecule has 0 bridgehead atoms. The molecule has 1 fully saturated rings. The Hall–Kier alpha value is -1.16. The first kappa shape index (κ1) is 23.1. The van der Waals surface area contributed by atoms with Crippen molar-refractivity contribution in [2.45, 2.75) is 71.3 Å². The molecule has 6 heteroatoms. The Balaban J connectivity index is 2.00. The maximum atomic E-state index is 13.3. The first-order chi connectivity index (χ1) is 13.6. The van der Waals surface area contributed by atoms with Crippen LogP contribution in [-0.4, -0.2) is 31.4 Å². The SMILES string of the molecule is CCCCOP(=O)(CC(CCc1ccccc1)OC(=O)C1CC1)OCCCC. The summed E-state index contributed by atoms with van der Waals surface area (Å²) in [5.41, 5.74) is 1.17. The van der Waals surface area contributed by atoms with Gasteiger partial charge in [0.05, 0.1) is 25.3 Å². The molecule has 0 saturated heterocycles. The van der Waals surface area contributed by atoms with Gasteiger partial charge in [0, 0.05) is 0 Å². The number of rotatable bonds is 15. The second-order valence-corrected chi connectivity index (χ2v) is 9.63. The van der Waals surface area contributed by atoms with Gasteiger partial charge in [-0.3, -0.25) is 9.36 Å². The lowest BCUT2D eigenvalue weighted by atomic mass is 10.1. The van der Waals surface area contributed by atoms with E-state index in [1.807, 2.05) is 18.2 Å². The predicted molar refractivity (Wildman–Crippen MR) is 112 cm³/mol. The van der Waals surface area contributed by atoms with Gasteiger partial charge in [-0.25, -0.2) is 0 Å². The van der Waals surface area contributed by atoms with E-state index in [1.165, 1.54) is 5.56 Å². The van der Waals surface area contributed by atoms with Crippen molar-refractivity contribution < 1.29 is 23.1 Å². The van der Waals surface area contributed by atoms with Gasteiger partial charge in [0.2, 0.25) is 0 Å². The average molecular weight is 410 g/mol. The minimum absolute atomic E-state index is 0.0145. The van der Waals surface area contributed by atoms with Crippen molar-refractivity contribution in [1.29, 1.82) is 0 Å². The van der Waals surface area contributed by atoms with E-state index in [2.05, 4.69) is 26.0 Å². The first-order valence-corrected chi connectivity index (χ1v) is 12.4. The lowest BCUT2D eigenvalue weighted by molar-refractivity contribution is -0.150. The second-order valence-electron chi connectivity index (χ2n) is 7.52. The fraction of sp³-hybridized carbons (Fsp3) is 0.682. The van der Waals surface area contributed by atoms with Crippen LogP contribution in [0.4, 0.5) is 0 Å². The molecule has 158 valence electrons. The predicted octanol–water partition coefficient (Wildman–Crippen LogP) is 5.77. The van der Waals surface area contributed by atoms with Crippen LogP contribution in [0.5, 0.6) is 0 Å². The van der Waals surface area contributed by atoms with Gasteiger partial charge >= 0.3 is 13.6 Å². The molecule has 1 aromatic carbocycles. The molecule has 0 N–H and O–H groups in total. The van der Waals surface area contributed by atoms with E-state index in [9.17, 15) is 9.36 Å². The smallest absolute Gasteiger partial charge is 0.334 e. The Morgan fingerprint density at radius 3 is 2.21 bits per heavy atom. The van der Waals surface area contributed by atoms with Crippen LogP contribution in [0.3, 0.4) is 0 Å². The molecule has 0 aromatic heterocycles. The van der Waals surface area contributed by atoms with Gasteiger partial charge in [-0.1, -0.05) is 57.0 Å². The molecule has 2 rings (SSSR count). The Morgan fingerprint density at radius 2 is 1.68 bits per heavy atom. The molecule has 1 aliphatic carbocycles. The normalized spacial score (nSPS) is 15.4. The quantitative estimate of drug-likeness (QED) is 0.209. The van der Waals surface area contributed by atoms with Crippen LogP contribution in [0.15, 0.2) is 30.3 Å². The monoisotopic (exact) mass is 410 g/mol. The standard InChI is InChI=1S/C22H35O5P/c1-3-5-16-25-28(24,26-17-6-4-2)18-21(27-22(23)20-13-14-20)15-12-19-10-8-7-9-11-19/h7-11,20-21H,3-6,12-18H2,1-2H3. The van der Waals surface area contributed by atoms with Crippen molar-refractivity contribution in [1.82, 2.24) is 0 Å². The van der Waals surface area contributed by atoms with E-state index in [-0.39, 0.29) is 18.0 Å². The highest BCUT2D eigenvalue weighted by Crippen LogP contribution is 2.50. The lowest BCUT2D eigenvalue weighted by Crippen LogP contribution is -2.25. The van der Waals surface area contributed by atoms with Gasteiger partial charge in [0.25, 0.3) is 0 Å². The van der Waals surface area contributed by atoms with Crippen LogP contribution in [0.25, 0.3) is 0 Å². The minimum Gasteiger partial charge on any atom is -0.461 e. The van der Waals surface area contributed by atoms with Crippen molar-refractivity contribution in [2.24, 2.45) is 5.92 Å². The Labute approximate surface area is 169 Å². The van der Waals surface area contributed by atoms with Crippen LogP contribution in [-0.2, 0) is 29.6 Å². The minimum atomic E-state index is -3.30. The summed E-state index contributed by atoms with van der Waals surface area (Å²) in [5, 5.41) is 0. The average Bonchev–Trinajstić information content (AvgIpc) is 3.53. The number of unbranched alkanes of at least 4 members (excludes halogenated alkanes) is 2. The van der Waals surface area contributed by atoms with E-state index < -0.39 is 13.7 Å². The highest BCUT2D eigenvalue weighted by atomic mass is 31.2. The molecule has 1 atom stereocenters. The van der Waals surface area contributed by atoms with Crippen molar-refractivity contribution in [3.8, 4) is 0 Å². The number of aryl methyl sites for hydroxylation is 1. The zero-order valence-corrected chi connectivity index (χ0v) is 18.2. The van der Waals surface area contributed by atoms with Gasteiger partial charge in [-0.2, -0.15) is 0 Å². The summed E-state index contributed by atoms with van der Waals surface area (Å²) in [6.45, 7) is 4.93. The summed E-state index contributed by atoms with van der Waals surface area (Å²) in [5.74, 6) is -0.160. The van der Waals surface area contributed by atoms with Crippen LogP contribution in [0.2, 0.25) is 0 Å². The third-order valence-electron chi connectivity index (χ3n) is 4.79. The van der Waals surface area contributed by atoms with Crippen LogP contribution in [0.1, 0.15) is 64.4 Å². The van der Waals surface area contributed by atoms with Gasteiger partial charge in [0.1, 0.15) is 6.10 Å². The Bertz CT molecular complexity index is 601. The molecule has 0 spiro atoms. The maximum absolute atomic E-state index is 13.3. The molecule has 1 unspecified atom stereocenters. The maximum Gasteiger partial charge on any atom is 0.334 e. The van der Waals surface area contributed by atoms with Crippen LogP contribution in [0, 0.1) is 5.92 Å². The number of carbonyl (C=O) groups excluding carboxylic acids is 1. The van der Waals surface area contributed by atoms with Gasteiger partial charge in [-0.05, 0) is 44.1 Å². The highest BCUT2D eigenvalue weighted by molar-refractivity contribution is 7.53. The molecule has 5 nitrogen and oxygen atoms in total. The van der Waals surface area contributed by atoms with E-state index in [0.29, 0.717) is 19.6 Å².